The fourth-order valence-electron chi connectivity index (χ4n) is 2.62. The van der Waals surface area contributed by atoms with E-state index in [0.29, 0.717) is 24.6 Å². The Kier molecular flexibility index (Phi) is 8.84. The Morgan fingerprint density at radius 1 is 1.29 bits per heavy atom. The highest BCUT2D eigenvalue weighted by molar-refractivity contribution is 14.0. The smallest absolute Gasteiger partial charge is 0.216 e. The number of guanidine groups is 1. The van der Waals surface area contributed by atoms with E-state index in [0.717, 1.165) is 18.3 Å². The molecule has 2 aromatic heterocycles. The summed E-state index contributed by atoms with van der Waals surface area (Å²) in [5.74, 6) is 2.79. The second-order valence-corrected chi connectivity index (χ2v) is 6.85. The highest BCUT2D eigenvalue weighted by Gasteiger charge is 2.08. The molecule has 0 amide bonds. The zero-order chi connectivity index (χ0) is 19.1. The molecule has 0 radical (unpaired) electrons. The van der Waals surface area contributed by atoms with Crippen molar-refractivity contribution in [1.29, 1.82) is 0 Å². The summed E-state index contributed by atoms with van der Waals surface area (Å²) in [5, 5.41) is 13.8. The topological polar surface area (TPSA) is 91.1 Å². The Bertz CT molecular complexity index is 894. The minimum Gasteiger partial charge on any atom is -0.461 e. The first kappa shape index (κ1) is 22.3. The summed E-state index contributed by atoms with van der Waals surface area (Å²) in [6.07, 6.45) is 4.41. The summed E-state index contributed by atoms with van der Waals surface area (Å²) >= 11 is 1.76. The molecular weight excluding hydrogens is 487 g/mol. The normalized spacial score (nSPS) is 11.2. The molecule has 0 spiro atoms. The summed E-state index contributed by atoms with van der Waals surface area (Å²) < 4.78 is 5.30. The molecule has 0 aliphatic rings. The molecule has 9 heteroatoms. The van der Waals surface area contributed by atoms with Crippen LogP contribution in [0.2, 0.25) is 0 Å². The van der Waals surface area contributed by atoms with Gasteiger partial charge in [-0.15, -0.1) is 35.7 Å². The number of aromatic nitrogens is 3. The molecule has 28 heavy (non-hydrogen) atoms. The molecule has 0 saturated heterocycles. The molecule has 0 unspecified atom stereocenters. The summed E-state index contributed by atoms with van der Waals surface area (Å²) in [7, 11) is 1.77. The first-order valence-electron chi connectivity index (χ1n) is 8.73. The maximum Gasteiger partial charge on any atom is 0.216 e. The maximum atomic E-state index is 5.30. The van der Waals surface area contributed by atoms with Crippen molar-refractivity contribution in [3.63, 3.8) is 0 Å². The monoisotopic (exact) mass is 512 g/mol. The van der Waals surface area contributed by atoms with Crippen LogP contribution in [-0.4, -0.2) is 41.0 Å². The van der Waals surface area contributed by atoms with Crippen LogP contribution in [0.25, 0.3) is 11.6 Å². The predicted molar refractivity (Wildman–Crippen MR) is 124 cm³/mol. The second kappa shape index (κ2) is 11.1. The maximum absolute atomic E-state index is 5.30. The van der Waals surface area contributed by atoms with Crippen molar-refractivity contribution >= 4 is 41.7 Å². The molecule has 0 atom stereocenters. The molecule has 0 bridgehead atoms. The van der Waals surface area contributed by atoms with Gasteiger partial charge >= 0.3 is 0 Å². The van der Waals surface area contributed by atoms with Crippen LogP contribution in [0.1, 0.15) is 17.0 Å². The van der Waals surface area contributed by atoms with E-state index in [1.165, 1.54) is 16.0 Å². The van der Waals surface area contributed by atoms with Gasteiger partial charge in [-0.2, -0.15) is 5.10 Å². The minimum atomic E-state index is 0. The number of aryl methyl sites for hydroxylation is 1. The molecule has 7 nitrogen and oxygen atoms in total. The van der Waals surface area contributed by atoms with Crippen LogP contribution in [-0.2, 0) is 13.0 Å². The molecule has 2 heterocycles. The van der Waals surface area contributed by atoms with E-state index in [-0.39, 0.29) is 24.0 Å². The summed E-state index contributed by atoms with van der Waals surface area (Å²) in [4.78, 5) is 10.00. The number of aromatic amines is 1. The van der Waals surface area contributed by atoms with Crippen molar-refractivity contribution in [2.45, 2.75) is 24.8 Å². The fourth-order valence-corrected chi connectivity index (χ4v) is 3.33. The zero-order valence-electron chi connectivity index (χ0n) is 16.2. The summed E-state index contributed by atoms with van der Waals surface area (Å²) in [6.45, 7) is 3.52. The zero-order valence-corrected chi connectivity index (χ0v) is 19.3. The van der Waals surface area contributed by atoms with Gasteiger partial charge in [-0.3, -0.25) is 10.1 Å². The lowest BCUT2D eigenvalue weighted by atomic mass is 10.1. The Morgan fingerprint density at radius 2 is 2.14 bits per heavy atom. The van der Waals surface area contributed by atoms with Gasteiger partial charge in [0.1, 0.15) is 5.82 Å². The van der Waals surface area contributed by atoms with Crippen molar-refractivity contribution < 1.29 is 4.42 Å². The Hall–Kier alpha value is -2.01. The predicted octanol–water partition coefficient (Wildman–Crippen LogP) is 3.62. The number of hydrogen-bond donors (Lipinski definition) is 3. The van der Waals surface area contributed by atoms with E-state index >= 15 is 0 Å². The molecular formula is C19H25IN6OS. The van der Waals surface area contributed by atoms with Crippen molar-refractivity contribution in [3.8, 4) is 11.6 Å². The van der Waals surface area contributed by atoms with Gasteiger partial charge in [0.05, 0.1) is 6.26 Å². The van der Waals surface area contributed by atoms with E-state index in [1.807, 2.05) is 12.1 Å². The van der Waals surface area contributed by atoms with Crippen LogP contribution in [0.15, 0.2) is 50.9 Å². The van der Waals surface area contributed by atoms with Crippen molar-refractivity contribution in [3.05, 3.63) is 53.5 Å². The van der Waals surface area contributed by atoms with Gasteiger partial charge in [-0.25, -0.2) is 4.98 Å². The number of nitrogens with one attached hydrogen (secondary N) is 3. The van der Waals surface area contributed by atoms with Crippen LogP contribution in [0.3, 0.4) is 0 Å². The molecule has 3 N–H and O–H groups in total. The van der Waals surface area contributed by atoms with Gasteiger partial charge in [-0.05, 0) is 42.5 Å². The highest BCUT2D eigenvalue weighted by Crippen LogP contribution is 2.21. The minimum absolute atomic E-state index is 0. The van der Waals surface area contributed by atoms with E-state index in [4.69, 9.17) is 4.42 Å². The quantitative estimate of drug-likeness (QED) is 0.194. The van der Waals surface area contributed by atoms with Gasteiger partial charge < -0.3 is 15.1 Å². The standard InChI is InChI=1S/C19H24N6OS.HI/c1-13-6-7-14(16(11-13)27-3)12-22-19(20-2)21-9-8-17-23-18(25-24-17)15-5-4-10-26-15;/h4-7,10-11H,8-9,12H2,1-3H3,(H2,20,21,22)(H,23,24,25);1H. The Morgan fingerprint density at radius 3 is 2.86 bits per heavy atom. The number of hydrogen-bond acceptors (Lipinski definition) is 5. The van der Waals surface area contributed by atoms with E-state index in [2.05, 4.69) is 62.2 Å². The molecule has 3 rings (SSSR count). The van der Waals surface area contributed by atoms with Crippen LogP contribution in [0, 0.1) is 6.92 Å². The van der Waals surface area contributed by atoms with E-state index in [1.54, 1.807) is 25.1 Å². The largest absolute Gasteiger partial charge is 0.461 e. The van der Waals surface area contributed by atoms with Gasteiger partial charge in [0, 0.05) is 31.5 Å². The number of nitrogens with zero attached hydrogens (tertiary/aromatic N) is 3. The highest BCUT2D eigenvalue weighted by atomic mass is 127. The van der Waals surface area contributed by atoms with Gasteiger partial charge in [-0.1, -0.05) is 12.1 Å². The second-order valence-electron chi connectivity index (χ2n) is 6.00. The number of halogens is 1. The molecule has 0 aliphatic heterocycles. The SMILES string of the molecule is CN=C(NCCc1nc(-c2ccco2)n[nH]1)NCc1ccc(C)cc1SC.I. The molecule has 0 saturated carbocycles. The molecule has 0 aliphatic carbocycles. The average Bonchev–Trinajstić information content (AvgIpc) is 3.36. The van der Waals surface area contributed by atoms with Crippen LogP contribution < -0.4 is 10.6 Å². The lowest BCUT2D eigenvalue weighted by Gasteiger charge is -2.13. The van der Waals surface area contributed by atoms with Gasteiger partial charge in [0.25, 0.3) is 0 Å². The first-order chi connectivity index (χ1) is 13.2. The lowest BCUT2D eigenvalue weighted by molar-refractivity contribution is 0.577. The first-order valence-corrected chi connectivity index (χ1v) is 9.95. The molecule has 0 fully saturated rings. The third-order valence-electron chi connectivity index (χ3n) is 4.04. The van der Waals surface area contributed by atoms with Crippen molar-refractivity contribution in [1.82, 2.24) is 25.8 Å². The van der Waals surface area contributed by atoms with Crippen LogP contribution in [0.4, 0.5) is 0 Å². The Labute approximate surface area is 186 Å². The Balaban J connectivity index is 0.00000280. The number of benzene rings is 1. The van der Waals surface area contributed by atoms with E-state index < -0.39 is 0 Å². The van der Waals surface area contributed by atoms with E-state index in [9.17, 15) is 0 Å². The molecule has 3 aromatic rings. The fraction of sp³-hybridized carbons (Fsp3) is 0.316. The summed E-state index contributed by atoms with van der Waals surface area (Å²) in [6, 6.07) is 10.2. The number of rotatable bonds is 7. The number of aliphatic imine (C=N–C) groups is 1. The van der Waals surface area contributed by atoms with Crippen LogP contribution in [0.5, 0.6) is 0 Å². The third-order valence-corrected chi connectivity index (χ3v) is 4.86. The van der Waals surface area contributed by atoms with Crippen molar-refractivity contribution in [2.24, 2.45) is 4.99 Å². The number of thioether (sulfide) groups is 1. The number of H-pyrrole nitrogens is 1. The third kappa shape index (κ3) is 5.99. The molecule has 1 aromatic carbocycles. The van der Waals surface area contributed by atoms with Gasteiger partial charge in [0.15, 0.2) is 11.7 Å². The lowest BCUT2D eigenvalue weighted by Crippen LogP contribution is -2.38. The molecule has 150 valence electrons. The van der Waals surface area contributed by atoms with Crippen LogP contribution >= 0.6 is 35.7 Å². The average molecular weight is 512 g/mol. The summed E-state index contributed by atoms with van der Waals surface area (Å²) in [5.41, 5.74) is 2.53. The van der Waals surface area contributed by atoms with Gasteiger partial charge in [0.2, 0.25) is 5.82 Å². The number of furan rings is 1. The van der Waals surface area contributed by atoms with Crippen molar-refractivity contribution in [2.75, 3.05) is 19.8 Å².